The van der Waals surface area contributed by atoms with Crippen molar-refractivity contribution in [3.8, 4) is 0 Å². The van der Waals surface area contributed by atoms with Crippen molar-refractivity contribution < 1.29 is 10.2 Å². The van der Waals surface area contributed by atoms with E-state index in [4.69, 9.17) is 0 Å². The van der Waals surface area contributed by atoms with Crippen LogP contribution < -0.4 is 0 Å². The molecule has 0 amide bonds. The van der Waals surface area contributed by atoms with Gasteiger partial charge in [-0.25, -0.2) is 0 Å². The maximum absolute atomic E-state index is 10.0. The molecule has 1 fully saturated rings. The summed E-state index contributed by atoms with van der Waals surface area (Å²) in [5, 5.41) is 19.4. The van der Waals surface area contributed by atoms with Crippen LogP contribution in [0.1, 0.15) is 30.9 Å². The second kappa shape index (κ2) is 6.15. The van der Waals surface area contributed by atoms with Crippen molar-refractivity contribution in [2.75, 3.05) is 19.6 Å². The molecule has 1 unspecified atom stereocenters. The molecule has 0 aromatic heterocycles. The number of benzene rings is 1. The zero-order valence-corrected chi connectivity index (χ0v) is 10.1. The predicted octanol–water partition coefficient (Wildman–Crippen LogP) is 1.57. The van der Waals surface area contributed by atoms with E-state index in [1.165, 1.54) is 0 Å². The first-order valence-corrected chi connectivity index (χ1v) is 6.39. The fraction of sp³-hybridized carbons (Fsp3) is 0.571. The van der Waals surface area contributed by atoms with Crippen LogP contribution in [-0.4, -0.2) is 40.9 Å². The molecule has 3 heteroatoms. The highest BCUT2D eigenvalue weighted by atomic mass is 16.3. The van der Waals surface area contributed by atoms with E-state index in [0.717, 1.165) is 44.5 Å². The Bertz CT molecular complexity index is 320. The van der Waals surface area contributed by atoms with Crippen molar-refractivity contribution in [2.24, 2.45) is 0 Å². The number of hydrogen-bond acceptors (Lipinski definition) is 3. The van der Waals surface area contributed by atoms with Gasteiger partial charge in [-0.05, 0) is 24.8 Å². The normalized spacial score (nSPS) is 20.4. The molecule has 1 aliphatic heterocycles. The minimum Gasteiger partial charge on any atom is -0.393 e. The van der Waals surface area contributed by atoms with E-state index in [2.05, 4.69) is 4.90 Å². The Morgan fingerprint density at radius 2 is 1.82 bits per heavy atom. The minimum atomic E-state index is -0.372. The Morgan fingerprint density at radius 3 is 2.47 bits per heavy atom. The number of likely N-dealkylation sites (tertiary alicyclic amines) is 1. The third-order valence-electron chi connectivity index (χ3n) is 3.46. The molecule has 1 aliphatic rings. The minimum absolute atomic E-state index is 0.120. The quantitative estimate of drug-likeness (QED) is 0.832. The Kier molecular flexibility index (Phi) is 4.54. The number of aliphatic hydroxyl groups excluding tert-OH is 2. The Morgan fingerprint density at radius 1 is 1.18 bits per heavy atom. The molecule has 2 N–H and O–H groups in total. The summed E-state index contributed by atoms with van der Waals surface area (Å²) in [4.78, 5) is 2.32. The van der Waals surface area contributed by atoms with Gasteiger partial charge in [0.15, 0.2) is 0 Å². The largest absolute Gasteiger partial charge is 0.393 e. The summed E-state index contributed by atoms with van der Waals surface area (Å²) >= 11 is 0. The van der Waals surface area contributed by atoms with Crippen LogP contribution in [-0.2, 0) is 0 Å². The molecule has 17 heavy (non-hydrogen) atoms. The zero-order chi connectivity index (χ0) is 12.1. The molecule has 1 saturated heterocycles. The Labute approximate surface area is 103 Å². The lowest BCUT2D eigenvalue weighted by Gasteiger charge is -2.30. The van der Waals surface area contributed by atoms with Gasteiger partial charge in [-0.15, -0.1) is 0 Å². The topological polar surface area (TPSA) is 43.7 Å². The van der Waals surface area contributed by atoms with Gasteiger partial charge in [0.2, 0.25) is 0 Å². The van der Waals surface area contributed by atoms with Gasteiger partial charge < -0.3 is 15.1 Å². The van der Waals surface area contributed by atoms with Gasteiger partial charge in [0.25, 0.3) is 0 Å². The first-order valence-electron chi connectivity index (χ1n) is 6.39. The van der Waals surface area contributed by atoms with E-state index < -0.39 is 0 Å². The lowest BCUT2D eigenvalue weighted by atomic mass is 10.0. The van der Waals surface area contributed by atoms with Crippen molar-refractivity contribution in [2.45, 2.75) is 31.5 Å². The van der Waals surface area contributed by atoms with Crippen LogP contribution in [0.3, 0.4) is 0 Å². The molecule has 2 rings (SSSR count). The van der Waals surface area contributed by atoms with Gasteiger partial charge in [-0.1, -0.05) is 30.3 Å². The van der Waals surface area contributed by atoms with Gasteiger partial charge in [0.05, 0.1) is 12.2 Å². The van der Waals surface area contributed by atoms with Gasteiger partial charge >= 0.3 is 0 Å². The molecule has 1 heterocycles. The lowest BCUT2D eigenvalue weighted by Crippen LogP contribution is -2.36. The zero-order valence-electron chi connectivity index (χ0n) is 10.1. The summed E-state index contributed by atoms with van der Waals surface area (Å²) in [5.74, 6) is 0. The molecule has 0 spiro atoms. The first kappa shape index (κ1) is 12.6. The van der Waals surface area contributed by atoms with Crippen molar-refractivity contribution in [3.63, 3.8) is 0 Å². The molecular formula is C14H21NO2. The van der Waals surface area contributed by atoms with Crippen molar-refractivity contribution in [1.82, 2.24) is 4.90 Å². The van der Waals surface area contributed by atoms with E-state index in [-0.39, 0.29) is 12.2 Å². The second-order valence-corrected chi connectivity index (χ2v) is 4.79. The number of rotatable bonds is 4. The van der Waals surface area contributed by atoms with Crippen molar-refractivity contribution in [1.29, 1.82) is 0 Å². The number of nitrogens with zero attached hydrogens (tertiary/aromatic N) is 1. The maximum Gasteiger partial charge on any atom is 0.0802 e. The molecule has 0 bridgehead atoms. The number of hydrogen-bond donors (Lipinski definition) is 2. The summed E-state index contributed by atoms with van der Waals surface area (Å²) in [6.07, 6.45) is 2.00. The van der Waals surface area contributed by atoms with E-state index in [0.29, 0.717) is 0 Å². The molecule has 1 atom stereocenters. The molecule has 1 aromatic rings. The summed E-state index contributed by atoms with van der Waals surface area (Å²) in [5.41, 5.74) is 0.990. The van der Waals surface area contributed by atoms with E-state index in [9.17, 15) is 10.2 Å². The highest BCUT2D eigenvalue weighted by Gasteiger charge is 2.17. The van der Waals surface area contributed by atoms with Gasteiger partial charge in [0, 0.05) is 19.6 Å². The number of aliphatic hydroxyl groups is 2. The average molecular weight is 235 g/mol. The second-order valence-electron chi connectivity index (χ2n) is 4.79. The highest BCUT2D eigenvalue weighted by molar-refractivity contribution is 5.17. The SMILES string of the molecule is OC1CCN(CCC(O)c2ccccc2)CC1. The summed E-state index contributed by atoms with van der Waals surface area (Å²) in [7, 11) is 0. The summed E-state index contributed by atoms with van der Waals surface area (Å²) in [6.45, 7) is 2.80. The molecule has 1 aromatic carbocycles. The van der Waals surface area contributed by atoms with Crippen LogP contribution in [0.4, 0.5) is 0 Å². The molecular weight excluding hydrogens is 214 g/mol. The molecule has 0 saturated carbocycles. The van der Waals surface area contributed by atoms with Crippen LogP contribution in [0.15, 0.2) is 30.3 Å². The Balaban J connectivity index is 1.75. The van der Waals surface area contributed by atoms with Gasteiger partial charge in [0.1, 0.15) is 0 Å². The van der Waals surface area contributed by atoms with Crippen molar-refractivity contribution >= 4 is 0 Å². The van der Waals surface area contributed by atoms with Crippen LogP contribution in [0, 0.1) is 0 Å². The van der Waals surface area contributed by atoms with E-state index >= 15 is 0 Å². The number of piperidine rings is 1. The molecule has 94 valence electrons. The summed E-state index contributed by atoms with van der Waals surface area (Å²) in [6, 6.07) is 9.79. The monoisotopic (exact) mass is 235 g/mol. The fourth-order valence-electron chi connectivity index (χ4n) is 2.29. The van der Waals surface area contributed by atoms with Crippen LogP contribution in [0.5, 0.6) is 0 Å². The van der Waals surface area contributed by atoms with Crippen LogP contribution in [0.2, 0.25) is 0 Å². The van der Waals surface area contributed by atoms with Gasteiger partial charge in [-0.2, -0.15) is 0 Å². The van der Waals surface area contributed by atoms with Crippen LogP contribution >= 0.6 is 0 Å². The van der Waals surface area contributed by atoms with Crippen molar-refractivity contribution in [3.05, 3.63) is 35.9 Å². The van der Waals surface area contributed by atoms with Crippen LogP contribution in [0.25, 0.3) is 0 Å². The van der Waals surface area contributed by atoms with Gasteiger partial charge in [-0.3, -0.25) is 0 Å². The van der Waals surface area contributed by atoms with E-state index in [1.807, 2.05) is 30.3 Å². The first-order chi connectivity index (χ1) is 8.25. The maximum atomic E-state index is 10.0. The predicted molar refractivity (Wildman–Crippen MR) is 67.7 cm³/mol. The lowest BCUT2D eigenvalue weighted by molar-refractivity contribution is 0.0711. The summed E-state index contributed by atoms with van der Waals surface area (Å²) < 4.78 is 0. The fourth-order valence-corrected chi connectivity index (χ4v) is 2.29. The smallest absolute Gasteiger partial charge is 0.0802 e. The molecule has 0 radical (unpaired) electrons. The third-order valence-corrected chi connectivity index (χ3v) is 3.46. The third kappa shape index (κ3) is 3.80. The van der Waals surface area contributed by atoms with E-state index in [1.54, 1.807) is 0 Å². The molecule has 3 nitrogen and oxygen atoms in total. The average Bonchev–Trinajstić information content (AvgIpc) is 2.39. The highest BCUT2D eigenvalue weighted by Crippen LogP contribution is 2.18. The Hall–Kier alpha value is -0.900. The standard InChI is InChI=1S/C14H21NO2/c16-13-6-9-15(10-7-13)11-8-14(17)12-4-2-1-3-5-12/h1-5,13-14,16-17H,6-11H2. The molecule has 0 aliphatic carbocycles.